The molecule has 0 bridgehead atoms. The molecule has 138 valence electrons. The van der Waals surface area contributed by atoms with Gasteiger partial charge in [-0.15, -0.1) is 0 Å². The van der Waals surface area contributed by atoms with E-state index in [0.717, 1.165) is 5.56 Å². The first-order valence-corrected chi connectivity index (χ1v) is 8.26. The van der Waals surface area contributed by atoms with Crippen LogP contribution in [0.3, 0.4) is 0 Å². The Labute approximate surface area is 154 Å². The number of aromatic amines is 1. The highest BCUT2D eigenvalue weighted by Crippen LogP contribution is 2.17. The molecule has 0 aliphatic rings. The number of ether oxygens (including phenoxy) is 1. The smallest absolute Gasteiger partial charge is 0.338 e. The summed E-state index contributed by atoms with van der Waals surface area (Å²) in [6.45, 7) is 1.90. The molecule has 0 fully saturated rings. The first-order valence-electron chi connectivity index (χ1n) is 8.26. The second kappa shape index (κ2) is 7.69. The van der Waals surface area contributed by atoms with Gasteiger partial charge in [-0.05, 0) is 36.8 Å². The van der Waals surface area contributed by atoms with Crippen molar-refractivity contribution in [2.75, 3.05) is 0 Å². The minimum atomic E-state index is -0.731. The molecule has 0 radical (unpaired) electrons. The molecule has 2 amide bonds. The second-order valence-electron chi connectivity index (χ2n) is 5.93. The number of rotatable bonds is 5. The molecule has 1 atom stereocenters. The van der Waals surface area contributed by atoms with E-state index in [0.29, 0.717) is 16.5 Å². The highest BCUT2D eigenvalue weighted by molar-refractivity contribution is 5.89. The molecule has 0 spiro atoms. The van der Waals surface area contributed by atoms with Gasteiger partial charge in [0.15, 0.2) is 11.9 Å². The molecule has 1 heterocycles. The third-order valence-corrected chi connectivity index (χ3v) is 3.96. The van der Waals surface area contributed by atoms with Crippen molar-refractivity contribution < 1.29 is 14.3 Å². The van der Waals surface area contributed by atoms with E-state index in [9.17, 15) is 14.4 Å². The molecule has 0 aliphatic heterocycles. The number of carbonyl (C=O) groups excluding carboxylic acids is 2. The first-order chi connectivity index (χ1) is 12.9. The molecule has 0 saturated carbocycles. The minimum absolute atomic E-state index is 0.267. The van der Waals surface area contributed by atoms with Gasteiger partial charge in [0.25, 0.3) is 5.56 Å². The summed E-state index contributed by atoms with van der Waals surface area (Å²) in [5.41, 5.74) is 6.40. The normalized spacial score (nSPS) is 11.7. The predicted molar refractivity (Wildman–Crippen MR) is 99.1 cm³/mol. The largest absolute Gasteiger partial charge is 0.451 e. The molecular weight excluding hydrogens is 348 g/mol. The van der Waals surface area contributed by atoms with Crippen LogP contribution < -0.4 is 16.6 Å². The predicted octanol–water partition coefficient (Wildman–Crippen LogP) is 2.01. The van der Waals surface area contributed by atoms with Gasteiger partial charge in [-0.3, -0.25) is 4.79 Å². The number of amides is 2. The average Bonchev–Trinajstić information content (AvgIpc) is 2.66. The number of carbonyl (C=O) groups is 2. The molecular formula is C19H18N4O4. The van der Waals surface area contributed by atoms with E-state index >= 15 is 0 Å². The molecule has 0 saturated heterocycles. The van der Waals surface area contributed by atoms with Crippen molar-refractivity contribution in [2.45, 2.75) is 19.6 Å². The highest BCUT2D eigenvalue weighted by atomic mass is 16.5. The van der Waals surface area contributed by atoms with E-state index in [-0.39, 0.29) is 17.9 Å². The van der Waals surface area contributed by atoms with Gasteiger partial charge in [0.1, 0.15) is 0 Å². The molecule has 3 aromatic rings. The molecule has 1 aromatic heterocycles. The molecule has 0 aliphatic carbocycles. The standard InChI is InChI=1S/C19H18N4O4/c1-11(16-22-15-5-3-2-4-14(15)17(24)23-16)27-18(25)13-8-6-12(7-9-13)10-21-19(20)26/h2-9,11H,10H2,1H3,(H3,20,21,26)(H,22,23,24)/t11-/m1/s1. The number of aromatic nitrogens is 2. The summed E-state index contributed by atoms with van der Waals surface area (Å²) >= 11 is 0. The van der Waals surface area contributed by atoms with Crippen LogP contribution >= 0.6 is 0 Å². The third kappa shape index (κ3) is 4.30. The fraction of sp³-hybridized carbons (Fsp3) is 0.158. The van der Waals surface area contributed by atoms with Crippen LogP contribution in [-0.2, 0) is 11.3 Å². The minimum Gasteiger partial charge on any atom is -0.451 e. The molecule has 4 N–H and O–H groups in total. The maximum atomic E-state index is 12.3. The number of urea groups is 1. The summed E-state index contributed by atoms with van der Waals surface area (Å²) in [7, 11) is 0. The van der Waals surface area contributed by atoms with Crippen LogP contribution in [-0.4, -0.2) is 22.0 Å². The van der Waals surface area contributed by atoms with Gasteiger partial charge in [0, 0.05) is 6.54 Å². The van der Waals surface area contributed by atoms with E-state index in [1.54, 1.807) is 55.5 Å². The summed E-state index contributed by atoms with van der Waals surface area (Å²) in [6.07, 6.45) is -0.731. The second-order valence-corrected chi connectivity index (χ2v) is 5.93. The number of primary amides is 1. The zero-order valence-corrected chi connectivity index (χ0v) is 14.6. The van der Waals surface area contributed by atoms with Crippen LogP contribution in [0, 0.1) is 0 Å². The Balaban J connectivity index is 1.72. The van der Waals surface area contributed by atoms with Crippen LogP contribution in [0.5, 0.6) is 0 Å². The van der Waals surface area contributed by atoms with Crippen LogP contribution in [0.25, 0.3) is 10.9 Å². The Kier molecular flexibility index (Phi) is 5.16. The van der Waals surface area contributed by atoms with Crippen LogP contribution in [0.2, 0.25) is 0 Å². The third-order valence-electron chi connectivity index (χ3n) is 3.96. The summed E-state index contributed by atoms with van der Waals surface area (Å²) in [6, 6.07) is 12.9. The van der Waals surface area contributed by atoms with Crippen molar-refractivity contribution in [3.8, 4) is 0 Å². The van der Waals surface area contributed by atoms with Crippen molar-refractivity contribution in [1.82, 2.24) is 15.3 Å². The van der Waals surface area contributed by atoms with E-state index < -0.39 is 18.1 Å². The topological polar surface area (TPSA) is 127 Å². The Hall–Kier alpha value is -3.68. The fourth-order valence-corrected chi connectivity index (χ4v) is 2.53. The van der Waals surface area contributed by atoms with Gasteiger partial charge in [0.05, 0.1) is 16.5 Å². The van der Waals surface area contributed by atoms with E-state index in [1.165, 1.54) is 0 Å². The Morgan fingerprint density at radius 3 is 2.59 bits per heavy atom. The van der Waals surface area contributed by atoms with Crippen LogP contribution in [0.1, 0.15) is 34.8 Å². The summed E-state index contributed by atoms with van der Waals surface area (Å²) in [4.78, 5) is 42.2. The average molecular weight is 366 g/mol. The summed E-state index contributed by atoms with van der Waals surface area (Å²) in [5.74, 6) is -0.276. The van der Waals surface area contributed by atoms with Crippen LogP contribution in [0.15, 0.2) is 53.3 Å². The number of nitrogens with one attached hydrogen (secondary N) is 2. The van der Waals surface area contributed by atoms with Crippen molar-refractivity contribution in [1.29, 1.82) is 0 Å². The Morgan fingerprint density at radius 1 is 1.19 bits per heavy atom. The molecule has 8 heteroatoms. The molecule has 0 unspecified atom stereocenters. The number of para-hydroxylation sites is 1. The van der Waals surface area contributed by atoms with Gasteiger partial charge < -0.3 is 20.8 Å². The quantitative estimate of drug-likeness (QED) is 0.595. The lowest BCUT2D eigenvalue weighted by Gasteiger charge is -2.13. The SMILES string of the molecule is C[C@@H](OC(=O)c1ccc(CNC(N)=O)cc1)c1nc2ccccc2c(=O)[nH]1. The lowest BCUT2D eigenvalue weighted by Crippen LogP contribution is -2.28. The maximum absolute atomic E-state index is 12.3. The molecule has 3 rings (SSSR count). The van der Waals surface area contributed by atoms with Gasteiger partial charge in [0.2, 0.25) is 0 Å². The Bertz CT molecular complexity index is 1040. The van der Waals surface area contributed by atoms with Crippen LogP contribution in [0.4, 0.5) is 4.79 Å². The number of fused-ring (bicyclic) bond motifs is 1. The number of benzene rings is 2. The molecule has 2 aromatic carbocycles. The molecule has 8 nitrogen and oxygen atoms in total. The zero-order chi connectivity index (χ0) is 19.4. The summed E-state index contributed by atoms with van der Waals surface area (Å²) in [5, 5.41) is 2.94. The zero-order valence-electron chi connectivity index (χ0n) is 14.6. The molecule has 27 heavy (non-hydrogen) atoms. The summed E-state index contributed by atoms with van der Waals surface area (Å²) < 4.78 is 5.40. The fourth-order valence-electron chi connectivity index (χ4n) is 2.53. The van der Waals surface area contributed by atoms with Crippen molar-refractivity contribution in [2.24, 2.45) is 5.73 Å². The maximum Gasteiger partial charge on any atom is 0.338 e. The van der Waals surface area contributed by atoms with Gasteiger partial charge >= 0.3 is 12.0 Å². The van der Waals surface area contributed by atoms with Crippen molar-refractivity contribution >= 4 is 22.9 Å². The number of hydrogen-bond donors (Lipinski definition) is 3. The lowest BCUT2D eigenvalue weighted by molar-refractivity contribution is 0.0320. The van der Waals surface area contributed by atoms with Crippen molar-refractivity contribution in [3.63, 3.8) is 0 Å². The number of nitrogens with zero attached hydrogens (tertiary/aromatic N) is 1. The number of hydrogen-bond acceptors (Lipinski definition) is 5. The number of nitrogens with two attached hydrogens (primary N) is 1. The lowest BCUT2D eigenvalue weighted by atomic mass is 10.1. The number of H-pyrrole nitrogens is 1. The highest BCUT2D eigenvalue weighted by Gasteiger charge is 2.17. The first kappa shape index (κ1) is 18.1. The van der Waals surface area contributed by atoms with Gasteiger partial charge in [-0.2, -0.15) is 0 Å². The van der Waals surface area contributed by atoms with Gasteiger partial charge in [-0.25, -0.2) is 14.6 Å². The van der Waals surface area contributed by atoms with E-state index in [1.807, 2.05) is 0 Å². The number of esters is 1. The van der Waals surface area contributed by atoms with Crippen molar-refractivity contribution in [3.05, 3.63) is 75.8 Å². The monoisotopic (exact) mass is 366 g/mol. The van der Waals surface area contributed by atoms with Gasteiger partial charge in [-0.1, -0.05) is 24.3 Å². The Morgan fingerprint density at radius 2 is 1.89 bits per heavy atom. The van der Waals surface area contributed by atoms with E-state index in [4.69, 9.17) is 10.5 Å². The van der Waals surface area contributed by atoms with E-state index in [2.05, 4.69) is 15.3 Å².